The lowest BCUT2D eigenvalue weighted by Gasteiger charge is -2.32. The molecule has 1 heterocycles. The molecule has 6 heteroatoms. The van der Waals surface area contributed by atoms with Gasteiger partial charge in [0.15, 0.2) is 0 Å². The van der Waals surface area contributed by atoms with E-state index in [0.717, 1.165) is 0 Å². The van der Waals surface area contributed by atoms with E-state index in [1.165, 1.54) is 0 Å². The second kappa shape index (κ2) is 7.34. The van der Waals surface area contributed by atoms with Gasteiger partial charge in [-0.2, -0.15) is 0 Å². The number of hydrogen-bond donors (Lipinski definition) is 0. The molecule has 4 nitrogen and oxygen atoms in total. The van der Waals surface area contributed by atoms with Gasteiger partial charge in [0.25, 0.3) is 0 Å². The molecule has 0 spiro atoms. The van der Waals surface area contributed by atoms with Crippen molar-refractivity contribution in [1.29, 1.82) is 0 Å². The molecule has 0 aliphatic carbocycles. The summed E-state index contributed by atoms with van der Waals surface area (Å²) in [6, 6.07) is 5.23. The number of halogens is 2. The Hall–Kier alpha value is -1.26. The van der Waals surface area contributed by atoms with Crippen LogP contribution < -0.4 is 0 Å². The predicted molar refractivity (Wildman–Crippen MR) is 88.2 cm³/mol. The summed E-state index contributed by atoms with van der Waals surface area (Å²) in [6.45, 7) is 1.20. The van der Waals surface area contributed by atoms with Crippen molar-refractivity contribution in [2.45, 2.75) is 19.3 Å². The lowest BCUT2D eigenvalue weighted by atomic mass is 9.95. The molecule has 0 unspecified atom stereocenters. The highest BCUT2D eigenvalue weighted by Crippen LogP contribution is 2.26. The van der Waals surface area contributed by atoms with Crippen LogP contribution in [0.1, 0.15) is 18.4 Å². The summed E-state index contributed by atoms with van der Waals surface area (Å²) >= 11 is 12.2. The Morgan fingerprint density at radius 1 is 1.18 bits per heavy atom. The minimum atomic E-state index is 0.00533. The number of piperidine rings is 1. The van der Waals surface area contributed by atoms with Gasteiger partial charge in [-0.1, -0.05) is 29.3 Å². The Labute approximate surface area is 141 Å². The number of carbonyl (C=O) groups is 2. The molecule has 22 heavy (non-hydrogen) atoms. The van der Waals surface area contributed by atoms with Gasteiger partial charge in [0.05, 0.1) is 6.42 Å². The standard InChI is InChI=1S/C16H20Cl2N2O2/c1-19(2)16(22)11-6-8-20(9-7-11)15(21)10-12-13(17)4-3-5-14(12)18/h3-5,11H,6-10H2,1-2H3. The fourth-order valence-corrected chi connectivity index (χ4v) is 3.24. The van der Waals surface area contributed by atoms with Crippen molar-refractivity contribution < 1.29 is 9.59 Å². The third-order valence-electron chi connectivity index (χ3n) is 4.03. The Morgan fingerprint density at radius 2 is 1.73 bits per heavy atom. The van der Waals surface area contributed by atoms with E-state index in [2.05, 4.69) is 0 Å². The average molecular weight is 343 g/mol. The zero-order chi connectivity index (χ0) is 16.3. The van der Waals surface area contributed by atoms with Crippen LogP contribution in [0.4, 0.5) is 0 Å². The van der Waals surface area contributed by atoms with E-state index in [9.17, 15) is 9.59 Å². The summed E-state index contributed by atoms with van der Waals surface area (Å²) in [7, 11) is 3.53. The zero-order valence-electron chi connectivity index (χ0n) is 12.8. The molecule has 1 saturated heterocycles. The maximum atomic E-state index is 12.4. The Balaban J connectivity index is 1.94. The predicted octanol–water partition coefficient (Wildman–Crippen LogP) is 2.86. The SMILES string of the molecule is CN(C)C(=O)C1CCN(C(=O)Cc2c(Cl)cccc2Cl)CC1. The second-order valence-corrected chi connectivity index (χ2v) is 6.58. The van der Waals surface area contributed by atoms with Gasteiger partial charge in [-0.25, -0.2) is 0 Å². The highest BCUT2D eigenvalue weighted by molar-refractivity contribution is 6.36. The van der Waals surface area contributed by atoms with E-state index in [1.807, 2.05) is 0 Å². The average Bonchev–Trinajstić information content (AvgIpc) is 2.50. The third-order valence-corrected chi connectivity index (χ3v) is 4.74. The van der Waals surface area contributed by atoms with Gasteiger partial charge in [-0.3, -0.25) is 9.59 Å². The second-order valence-electron chi connectivity index (χ2n) is 5.76. The molecule has 1 aliphatic rings. The molecule has 1 aromatic rings. The van der Waals surface area contributed by atoms with Gasteiger partial charge < -0.3 is 9.80 Å². The van der Waals surface area contributed by atoms with E-state index in [4.69, 9.17) is 23.2 Å². The van der Waals surface area contributed by atoms with Crippen molar-refractivity contribution in [2.24, 2.45) is 5.92 Å². The molecule has 0 saturated carbocycles. The molecule has 0 radical (unpaired) electrons. The van der Waals surface area contributed by atoms with Crippen LogP contribution in [0.2, 0.25) is 10.0 Å². The first-order valence-corrected chi connectivity index (χ1v) is 8.07. The van der Waals surface area contributed by atoms with Gasteiger partial charge in [-0.15, -0.1) is 0 Å². The van der Waals surface area contributed by atoms with Gasteiger partial charge >= 0.3 is 0 Å². The van der Waals surface area contributed by atoms with Crippen LogP contribution in [-0.4, -0.2) is 48.8 Å². The quantitative estimate of drug-likeness (QED) is 0.847. The van der Waals surface area contributed by atoms with Crippen molar-refractivity contribution >= 4 is 35.0 Å². The highest BCUT2D eigenvalue weighted by Gasteiger charge is 2.28. The first-order chi connectivity index (χ1) is 10.4. The van der Waals surface area contributed by atoms with Crippen molar-refractivity contribution in [1.82, 2.24) is 9.80 Å². The molecule has 1 aliphatic heterocycles. The van der Waals surface area contributed by atoms with Crippen molar-refractivity contribution in [3.05, 3.63) is 33.8 Å². The molecule has 1 fully saturated rings. The largest absolute Gasteiger partial charge is 0.349 e. The summed E-state index contributed by atoms with van der Waals surface area (Å²) in [5.41, 5.74) is 0.669. The molecule has 120 valence electrons. The maximum Gasteiger partial charge on any atom is 0.227 e. The number of benzene rings is 1. The number of nitrogens with zero attached hydrogens (tertiary/aromatic N) is 2. The summed E-state index contributed by atoms with van der Waals surface area (Å²) in [5, 5.41) is 1.03. The molecule has 0 aromatic heterocycles. The van der Waals surface area contributed by atoms with E-state index in [-0.39, 0.29) is 24.2 Å². The van der Waals surface area contributed by atoms with E-state index >= 15 is 0 Å². The maximum absolute atomic E-state index is 12.4. The molecule has 1 aromatic carbocycles. The Bertz CT molecular complexity index is 547. The lowest BCUT2D eigenvalue weighted by Crippen LogP contribution is -2.43. The van der Waals surface area contributed by atoms with Crippen LogP contribution in [0.3, 0.4) is 0 Å². The molecular weight excluding hydrogens is 323 g/mol. The normalized spacial score (nSPS) is 15.7. The molecule has 0 atom stereocenters. The topological polar surface area (TPSA) is 40.6 Å². The van der Waals surface area contributed by atoms with Crippen molar-refractivity contribution in [2.75, 3.05) is 27.2 Å². The molecule has 2 amide bonds. The number of carbonyl (C=O) groups excluding carboxylic acids is 2. The van der Waals surface area contributed by atoms with Gasteiger partial charge in [-0.05, 0) is 30.5 Å². The number of rotatable bonds is 3. The first kappa shape index (κ1) is 17.1. The first-order valence-electron chi connectivity index (χ1n) is 7.32. The minimum absolute atomic E-state index is 0.00533. The fraction of sp³-hybridized carbons (Fsp3) is 0.500. The monoisotopic (exact) mass is 342 g/mol. The summed E-state index contributed by atoms with van der Waals surface area (Å²) < 4.78 is 0. The third kappa shape index (κ3) is 3.93. The van der Waals surface area contributed by atoms with Crippen molar-refractivity contribution in [3.63, 3.8) is 0 Å². The zero-order valence-corrected chi connectivity index (χ0v) is 14.3. The van der Waals surface area contributed by atoms with E-state index in [1.54, 1.807) is 42.1 Å². The molecule has 2 rings (SSSR count). The van der Waals surface area contributed by atoms with Crippen LogP contribution in [0.25, 0.3) is 0 Å². The molecule has 0 bridgehead atoms. The lowest BCUT2D eigenvalue weighted by molar-refractivity contribution is -0.138. The van der Waals surface area contributed by atoms with Gasteiger partial charge in [0, 0.05) is 43.1 Å². The molecule has 0 N–H and O–H groups in total. The van der Waals surface area contributed by atoms with Gasteiger partial charge in [0.1, 0.15) is 0 Å². The summed E-state index contributed by atoms with van der Waals surface area (Å²) in [5.74, 6) is 0.162. The van der Waals surface area contributed by atoms with Crippen LogP contribution in [0.5, 0.6) is 0 Å². The number of amides is 2. The highest BCUT2D eigenvalue weighted by atomic mass is 35.5. The summed E-state index contributed by atoms with van der Waals surface area (Å²) in [6.07, 6.45) is 1.61. The van der Waals surface area contributed by atoms with Crippen LogP contribution in [-0.2, 0) is 16.0 Å². The number of hydrogen-bond acceptors (Lipinski definition) is 2. The smallest absolute Gasteiger partial charge is 0.227 e. The minimum Gasteiger partial charge on any atom is -0.349 e. The Morgan fingerprint density at radius 3 is 2.23 bits per heavy atom. The fourth-order valence-electron chi connectivity index (χ4n) is 2.71. The summed E-state index contributed by atoms with van der Waals surface area (Å²) in [4.78, 5) is 27.7. The molecular formula is C16H20Cl2N2O2. The number of likely N-dealkylation sites (tertiary alicyclic amines) is 1. The van der Waals surface area contributed by atoms with Crippen LogP contribution >= 0.6 is 23.2 Å². The van der Waals surface area contributed by atoms with E-state index < -0.39 is 0 Å². The van der Waals surface area contributed by atoms with Gasteiger partial charge in [0.2, 0.25) is 11.8 Å². The van der Waals surface area contributed by atoms with Crippen molar-refractivity contribution in [3.8, 4) is 0 Å². The van der Waals surface area contributed by atoms with E-state index in [0.29, 0.717) is 41.5 Å². The van der Waals surface area contributed by atoms with Crippen LogP contribution in [0, 0.1) is 5.92 Å². The Kier molecular flexibility index (Phi) is 5.70. The van der Waals surface area contributed by atoms with Crippen LogP contribution in [0.15, 0.2) is 18.2 Å².